The van der Waals surface area contributed by atoms with E-state index in [1.807, 2.05) is 0 Å². The Kier molecular flexibility index (Phi) is 4.30. The van der Waals surface area contributed by atoms with E-state index in [2.05, 4.69) is 20.0 Å². The lowest BCUT2D eigenvalue weighted by atomic mass is 10.2. The van der Waals surface area contributed by atoms with Crippen LogP contribution in [0.5, 0.6) is 5.88 Å². The number of oxazole rings is 1. The van der Waals surface area contributed by atoms with Gasteiger partial charge in [0.15, 0.2) is 18.1 Å². The van der Waals surface area contributed by atoms with Gasteiger partial charge in [-0.3, -0.25) is 4.79 Å². The predicted octanol–water partition coefficient (Wildman–Crippen LogP) is 3.72. The van der Waals surface area contributed by atoms with Gasteiger partial charge < -0.3 is 14.5 Å². The summed E-state index contributed by atoms with van der Waals surface area (Å²) in [5.74, 6) is -0.561. The summed E-state index contributed by atoms with van der Waals surface area (Å²) in [4.78, 5) is 20.2. The minimum Gasteiger partial charge on any atom is -0.467 e. The van der Waals surface area contributed by atoms with Gasteiger partial charge >= 0.3 is 6.18 Å². The fourth-order valence-corrected chi connectivity index (χ4v) is 2.15. The van der Waals surface area contributed by atoms with Crippen LogP contribution in [0.1, 0.15) is 16.2 Å². The molecule has 130 valence electrons. The number of hydrogen-bond acceptors (Lipinski definition) is 5. The molecule has 1 N–H and O–H groups in total. The van der Waals surface area contributed by atoms with Crippen LogP contribution >= 0.6 is 0 Å². The van der Waals surface area contributed by atoms with E-state index < -0.39 is 24.6 Å². The summed E-state index contributed by atoms with van der Waals surface area (Å²) in [7, 11) is 0. The quantitative estimate of drug-likeness (QED) is 0.775. The summed E-state index contributed by atoms with van der Waals surface area (Å²) in [6.45, 7) is 0.159. The molecule has 0 aliphatic rings. The third kappa shape index (κ3) is 4.06. The second-order valence-electron chi connectivity index (χ2n) is 5.13. The van der Waals surface area contributed by atoms with E-state index in [0.717, 1.165) is 0 Å². The van der Waals surface area contributed by atoms with Crippen molar-refractivity contribution < 1.29 is 27.1 Å². The summed E-state index contributed by atoms with van der Waals surface area (Å²) in [6.07, 6.45) is -3.28. The molecule has 0 saturated heterocycles. The maximum atomic E-state index is 12.3. The molecular formula is C16H12F3N3O3. The third-order valence-corrected chi connectivity index (χ3v) is 3.14. The highest BCUT2D eigenvalue weighted by Gasteiger charge is 2.29. The number of aromatic nitrogens is 2. The molecule has 0 fully saturated rings. The van der Waals surface area contributed by atoms with Gasteiger partial charge in [-0.25, -0.2) is 9.97 Å². The Morgan fingerprint density at radius 2 is 2.12 bits per heavy atom. The van der Waals surface area contributed by atoms with Gasteiger partial charge in [0, 0.05) is 18.8 Å². The molecule has 9 heteroatoms. The van der Waals surface area contributed by atoms with Gasteiger partial charge in [0.25, 0.3) is 5.91 Å². The lowest BCUT2D eigenvalue weighted by molar-refractivity contribution is -0.154. The Morgan fingerprint density at radius 3 is 2.88 bits per heavy atom. The molecule has 0 radical (unpaired) electrons. The number of benzene rings is 1. The smallest absolute Gasteiger partial charge is 0.422 e. The zero-order chi connectivity index (χ0) is 18.0. The molecule has 0 bridgehead atoms. The molecule has 0 unspecified atom stereocenters. The van der Waals surface area contributed by atoms with Gasteiger partial charge in [-0.2, -0.15) is 13.2 Å². The second kappa shape index (κ2) is 6.42. The average molecular weight is 351 g/mol. The number of carbonyl (C=O) groups is 1. The largest absolute Gasteiger partial charge is 0.467 e. The zero-order valence-corrected chi connectivity index (χ0v) is 12.9. The number of nitrogens with one attached hydrogen (secondary N) is 1. The monoisotopic (exact) mass is 351 g/mol. The number of alkyl halides is 3. The number of fused-ring (bicyclic) bond motifs is 1. The predicted molar refractivity (Wildman–Crippen MR) is 82.5 cm³/mol. The Hall–Kier alpha value is -3.10. The van der Waals surface area contributed by atoms with E-state index in [-0.39, 0.29) is 5.56 Å². The standard InChI is InChI=1S/C16H12F3N3O3/c1-9-21-12-7-10(4-5-13(12)25-9)22-14(23)11-3-2-6-20-15(11)24-8-16(17,18)19/h2-7H,8H2,1H3,(H,22,23). The van der Waals surface area contributed by atoms with Crippen LogP contribution in [0.25, 0.3) is 11.1 Å². The van der Waals surface area contributed by atoms with Crippen molar-refractivity contribution in [2.75, 3.05) is 11.9 Å². The topological polar surface area (TPSA) is 77.2 Å². The first kappa shape index (κ1) is 16.7. The maximum absolute atomic E-state index is 12.3. The highest BCUT2D eigenvalue weighted by atomic mass is 19.4. The van der Waals surface area contributed by atoms with Gasteiger partial charge in [-0.1, -0.05) is 0 Å². The lowest BCUT2D eigenvalue weighted by Crippen LogP contribution is -2.21. The van der Waals surface area contributed by atoms with E-state index in [1.165, 1.54) is 18.3 Å². The molecule has 0 atom stereocenters. The van der Waals surface area contributed by atoms with Gasteiger partial charge in [-0.05, 0) is 30.3 Å². The summed E-state index contributed by atoms with van der Waals surface area (Å²) >= 11 is 0. The first-order valence-corrected chi connectivity index (χ1v) is 7.15. The number of ether oxygens (including phenoxy) is 1. The van der Waals surface area contributed by atoms with Crippen molar-refractivity contribution in [2.45, 2.75) is 13.1 Å². The van der Waals surface area contributed by atoms with Crippen LogP contribution in [-0.2, 0) is 0 Å². The zero-order valence-electron chi connectivity index (χ0n) is 12.9. The molecule has 0 spiro atoms. The fraction of sp³-hybridized carbons (Fsp3) is 0.188. The molecule has 6 nitrogen and oxygen atoms in total. The molecule has 2 heterocycles. The van der Waals surface area contributed by atoms with E-state index >= 15 is 0 Å². The minimum absolute atomic E-state index is 0.108. The number of amides is 1. The third-order valence-electron chi connectivity index (χ3n) is 3.14. The van der Waals surface area contributed by atoms with Crippen molar-refractivity contribution in [3.63, 3.8) is 0 Å². The van der Waals surface area contributed by atoms with E-state index in [1.54, 1.807) is 25.1 Å². The Morgan fingerprint density at radius 1 is 1.32 bits per heavy atom. The van der Waals surface area contributed by atoms with Crippen molar-refractivity contribution in [2.24, 2.45) is 0 Å². The molecule has 1 aromatic carbocycles. The van der Waals surface area contributed by atoms with E-state index in [9.17, 15) is 18.0 Å². The van der Waals surface area contributed by atoms with Gasteiger partial charge in [0.2, 0.25) is 5.88 Å². The summed E-state index contributed by atoms with van der Waals surface area (Å²) in [5, 5.41) is 2.58. The van der Waals surface area contributed by atoms with Crippen LogP contribution in [0.15, 0.2) is 40.9 Å². The number of halogens is 3. The summed E-state index contributed by atoms with van der Waals surface area (Å²) in [6, 6.07) is 7.58. The average Bonchev–Trinajstić information content (AvgIpc) is 2.92. The number of hydrogen-bond donors (Lipinski definition) is 1. The molecular weight excluding hydrogens is 339 g/mol. The second-order valence-corrected chi connectivity index (χ2v) is 5.13. The normalized spacial score (nSPS) is 11.5. The number of rotatable bonds is 4. The van der Waals surface area contributed by atoms with E-state index in [4.69, 9.17) is 4.42 Å². The van der Waals surface area contributed by atoms with Crippen LogP contribution in [-0.4, -0.2) is 28.7 Å². The lowest BCUT2D eigenvalue weighted by Gasteiger charge is -2.12. The SMILES string of the molecule is Cc1nc2cc(NC(=O)c3cccnc3OCC(F)(F)F)ccc2o1. The molecule has 0 saturated carbocycles. The van der Waals surface area contributed by atoms with Gasteiger partial charge in [0.05, 0.1) is 0 Å². The number of nitrogens with zero attached hydrogens (tertiary/aromatic N) is 2. The highest BCUT2D eigenvalue weighted by molar-refractivity contribution is 6.06. The van der Waals surface area contributed by atoms with Crippen LogP contribution in [0.4, 0.5) is 18.9 Å². The number of pyridine rings is 1. The Labute approximate surface area is 139 Å². The molecule has 3 rings (SSSR count). The van der Waals surface area contributed by atoms with Crippen LogP contribution in [0.3, 0.4) is 0 Å². The fourth-order valence-electron chi connectivity index (χ4n) is 2.15. The summed E-state index contributed by atoms with van der Waals surface area (Å²) in [5.41, 5.74) is 1.42. The van der Waals surface area contributed by atoms with Crippen molar-refractivity contribution in [1.29, 1.82) is 0 Å². The Balaban J connectivity index is 1.80. The van der Waals surface area contributed by atoms with Crippen molar-refractivity contribution >= 4 is 22.7 Å². The van der Waals surface area contributed by atoms with Gasteiger partial charge in [-0.15, -0.1) is 0 Å². The van der Waals surface area contributed by atoms with Crippen molar-refractivity contribution in [3.8, 4) is 5.88 Å². The molecule has 3 aromatic rings. The molecule has 0 aliphatic heterocycles. The first-order valence-electron chi connectivity index (χ1n) is 7.15. The van der Waals surface area contributed by atoms with Crippen LogP contribution < -0.4 is 10.1 Å². The molecule has 0 aliphatic carbocycles. The number of aryl methyl sites for hydroxylation is 1. The van der Waals surface area contributed by atoms with Crippen LogP contribution in [0, 0.1) is 6.92 Å². The highest BCUT2D eigenvalue weighted by Crippen LogP contribution is 2.23. The number of carbonyl (C=O) groups excluding carboxylic acids is 1. The minimum atomic E-state index is -4.53. The first-order chi connectivity index (χ1) is 11.8. The number of anilines is 1. The van der Waals surface area contributed by atoms with Gasteiger partial charge in [0.1, 0.15) is 11.1 Å². The molecule has 1 amide bonds. The van der Waals surface area contributed by atoms with Crippen molar-refractivity contribution in [3.05, 3.63) is 48.0 Å². The summed E-state index contributed by atoms with van der Waals surface area (Å²) < 4.78 is 46.9. The molecule has 25 heavy (non-hydrogen) atoms. The maximum Gasteiger partial charge on any atom is 0.422 e. The Bertz CT molecular complexity index is 922. The van der Waals surface area contributed by atoms with E-state index in [0.29, 0.717) is 22.7 Å². The van der Waals surface area contributed by atoms with Crippen molar-refractivity contribution in [1.82, 2.24) is 9.97 Å². The van der Waals surface area contributed by atoms with Crippen LogP contribution in [0.2, 0.25) is 0 Å². The molecule has 2 aromatic heterocycles.